The minimum absolute atomic E-state index is 0.195. The predicted octanol–water partition coefficient (Wildman–Crippen LogP) is 1.82. The lowest BCUT2D eigenvalue weighted by atomic mass is 10.1. The molecule has 0 amide bonds. The van der Waals surface area contributed by atoms with Crippen LogP contribution in [0.4, 0.5) is 10.2 Å². The summed E-state index contributed by atoms with van der Waals surface area (Å²) in [4.78, 5) is 0. The molecule has 0 spiro atoms. The van der Waals surface area contributed by atoms with Gasteiger partial charge in [0.1, 0.15) is 5.82 Å². The highest BCUT2D eigenvalue weighted by atomic mass is 19.1. The molecule has 0 unspecified atom stereocenters. The first kappa shape index (κ1) is 10.5. The van der Waals surface area contributed by atoms with Gasteiger partial charge in [0, 0.05) is 18.2 Å². The maximum atomic E-state index is 13.9. The molecule has 0 saturated heterocycles. The van der Waals surface area contributed by atoms with Crippen LogP contribution in [-0.4, -0.2) is 16.9 Å². The number of nitrogens with two attached hydrogens (primary N) is 1. The van der Waals surface area contributed by atoms with Crippen LogP contribution in [0.2, 0.25) is 0 Å². The van der Waals surface area contributed by atoms with Crippen LogP contribution in [0.1, 0.15) is 0 Å². The van der Waals surface area contributed by atoms with Crippen molar-refractivity contribution in [2.75, 3.05) is 12.8 Å². The van der Waals surface area contributed by atoms with Crippen LogP contribution in [0.15, 0.2) is 24.4 Å². The maximum Gasteiger partial charge on any atom is 0.173 e. The van der Waals surface area contributed by atoms with Gasteiger partial charge in [-0.15, -0.1) is 0 Å². The third-order valence-electron chi connectivity index (χ3n) is 2.46. The highest BCUT2D eigenvalue weighted by Crippen LogP contribution is 2.31. The van der Waals surface area contributed by atoms with Crippen molar-refractivity contribution >= 4 is 5.82 Å². The van der Waals surface area contributed by atoms with Crippen molar-refractivity contribution in [3.63, 3.8) is 0 Å². The zero-order valence-corrected chi connectivity index (χ0v) is 9.07. The van der Waals surface area contributed by atoms with Crippen molar-refractivity contribution in [1.29, 1.82) is 0 Å². The number of ether oxygens (including phenoxy) is 1. The van der Waals surface area contributed by atoms with E-state index in [4.69, 9.17) is 10.5 Å². The van der Waals surface area contributed by atoms with Crippen molar-refractivity contribution in [3.8, 4) is 16.9 Å². The summed E-state index contributed by atoms with van der Waals surface area (Å²) in [7, 11) is 3.13. The second-order valence-electron chi connectivity index (χ2n) is 3.39. The third-order valence-corrected chi connectivity index (χ3v) is 2.46. The molecule has 0 bridgehead atoms. The van der Waals surface area contributed by atoms with Crippen LogP contribution in [0.3, 0.4) is 0 Å². The number of halogens is 1. The van der Waals surface area contributed by atoms with Gasteiger partial charge in [-0.05, 0) is 6.07 Å². The molecule has 2 rings (SSSR count). The molecule has 1 aromatic carbocycles. The smallest absolute Gasteiger partial charge is 0.173 e. The highest BCUT2D eigenvalue weighted by Gasteiger charge is 2.14. The van der Waals surface area contributed by atoms with Crippen molar-refractivity contribution in [2.45, 2.75) is 0 Å². The van der Waals surface area contributed by atoms with Gasteiger partial charge in [-0.1, -0.05) is 12.1 Å². The minimum Gasteiger partial charge on any atom is -0.494 e. The molecule has 0 saturated carbocycles. The zero-order valence-electron chi connectivity index (χ0n) is 9.07. The molecule has 4 nitrogen and oxygen atoms in total. The Morgan fingerprint density at radius 1 is 1.38 bits per heavy atom. The van der Waals surface area contributed by atoms with Gasteiger partial charge in [-0.3, -0.25) is 4.68 Å². The van der Waals surface area contributed by atoms with E-state index < -0.39 is 5.82 Å². The van der Waals surface area contributed by atoms with Gasteiger partial charge in [-0.2, -0.15) is 5.10 Å². The fourth-order valence-electron chi connectivity index (χ4n) is 1.53. The molecule has 0 aliphatic heterocycles. The SMILES string of the molecule is COc1cccc(-c2cnn(C)c2N)c1F. The Hall–Kier alpha value is -2.04. The second kappa shape index (κ2) is 3.84. The maximum absolute atomic E-state index is 13.9. The highest BCUT2D eigenvalue weighted by molar-refractivity contribution is 5.74. The lowest BCUT2D eigenvalue weighted by Gasteiger charge is -2.06. The Labute approximate surface area is 92.4 Å². The molecule has 84 valence electrons. The average molecular weight is 221 g/mol. The Balaban J connectivity index is 2.60. The quantitative estimate of drug-likeness (QED) is 0.841. The summed E-state index contributed by atoms with van der Waals surface area (Å²) in [5, 5.41) is 3.97. The lowest BCUT2D eigenvalue weighted by molar-refractivity contribution is 0.387. The minimum atomic E-state index is -0.426. The standard InChI is InChI=1S/C11H12FN3O/c1-15-11(13)8(6-14-15)7-4-3-5-9(16-2)10(7)12/h3-6H,13H2,1-2H3. The van der Waals surface area contributed by atoms with E-state index in [-0.39, 0.29) is 5.75 Å². The number of benzene rings is 1. The molecule has 0 atom stereocenters. The molecule has 5 heteroatoms. The van der Waals surface area contributed by atoms with E-state index in [9.17, 15) is 4.39 Å². The summed E-state index contributed by atoms with van der Waals surface area (Å²) >= 11 is 0. The molecule has 0 radical (unpaired) electrons. The van der Waals surface area contributed by atoms with E-state index in [2.05, 4.69) is 5.10 Å². The topological polar surface area (TPSA) is 53.1 Å². The molecule has 2 aromatic rings. The first-order valence-electron chi connectivity index (χ1n) is 4.75. The number of methoxy groups -OCH3 is 1. The summed E-state index contributed by atoms with van der Waals surface area (Å²) in [6.07, 6.45) is 1.53. The Bertz CT molecular complexity index is 522. The number of anilines is 1. The van der Waals surface area contributed by atoms with E-state index >= 15 is 0 Å². The van der Waals surface area contributed by atoms with Gasteiger partial charge in [0.2, 0.25) is 0 Å². The van der Waals surface area contributed by atoms with Crippen molar-refractivity contribution in [1.82, 2.24) is 9.78 Å². The summed E-state index contributed by atoms with van der Waals surface area (Å²) in [5.74, 6) is 0.192. The van der Waals surface area contributed by atoms with Crippen molar-refractivity contribution < 1.29 is 9.13 Å². The van der Waals surface area contributed by atoms with Gasteiger partial charge in [0.05, 0.1) is 13.3 Å². The average Bonchev–Trinajstić information content (AvgIpc) is 2.61. The summed E-state index contributed by atoms with van der Waals surface area (Å²) < 4.78 is 20.3. The molecule has 16 heavy (non-hydrogen) atoms. The van der Waals surface area contributed by atoms with Crippen LogP contribution in [-0.2, 0) is 7.05 Å². The van der Waals surface area contributed by atoms with Crippen LogP contribution < -0.4 is 10.5 Å². The van der Waals surface area contributed by atoms with Gasteiger partial charge in [0.15, 0.2) is 11.6 Å². The zero-order chi connectivity index (χ0) is 11.7. The number of hydrogen-bond acceptors (Lipinski definition) is 3. The molecule has 0 fully saturated rings. The van der Waals surface area contributed by atoms with Gasteiger partial charge >= 0.3 is 0 Å². The van der Waals surface area contributed by atoms with E-state index in [0.29, 0.717) is 16.9 Å². The second-order valence-corrected chi connectivity index (χ2v) is 3.39. The molecular formula is C11H12FN3O. The number of hydrogen-bond donors (Lipinski definition) is 1. The Morgan fingerprint density at radius 3 is 2.69 bits per heavy atom. The number of nitrogen functional groups attached to an aromatic ring is 1. The Kier molecular flexibility index (Phi) is 2.52. The first-order valence-corrected chi connectivity index (χ1v) is 4.75. The first-order chi connectivity index (χ1) is 7.65. The summed E-state index contributed by atoms with van der Waals surface area (Å²) in [6.45, 7) is 0. The van der Waals surface area contributed by atoms with Gasteiger partial charge in [0.25, 0.3) is 0 Å². The largest absolute Gasteiger partial charge is 0.494 e. The molecule has 0 aliphatic rings. The summed E-state index contributed by atoms with van der Waals surface area (Å²) in [5.41, 5.74) is 6.75. The summed E-state index contributed by atoms with van der Waals surface area (Å²) in [6, 6.07) is 4.92. The number of rotatable bonds is 2. The van der Waals surface area contributed by atoms with E-state index in [1.165, 1.54) is 18.0 Å². The number of aryl methyl sites for hydroxylation is 1. The van der Waals surface area contributed by atoms with Crippen LogP contribution in [0, 0.1) is 5.82 Å². The fraction of sp³-hybridized carbons (Fsp3) is 0.182. The van der Waals surface area contributed by atoms with Crippen LogP contribution in [0.5, 0.6) is 5.75 Å². The Morgan fingerprint density at radius 2 is 2.12 bits per heavy atom. The normalized spacial score (nSPS) is 10.4. The molecular weight excluding hydrogens is 209 g/mol. The van der Waals surface area contributed by atoms with E-state index in [1.54, 1.807) is 25.2 Å². The van der Waals surface area contributed by atoms with Gasteiger partial charge in [-0.25, -0.2) is 4.39 Å². The van der Waals surface area contributed by atoms with Crippen LogP contribution in [0.25, 0.3) is 11.1 Å². The molecule has 1 aromatic heterocycles. The third kappa shape index (κ3) is 1.50. The number of nitrogens with zero attached hydrogens (tertiary/aromatic N) is 2. The van der Waals surface area contributed by atoms with E-state index in [1.807, 2.05) is 0 Å². The molecule has 1 heterocycles. The van der Waals surface area contributed by atoms with Crippen molar-refractivity contribution in [2.24, 2.45) is 7.05 Å². The number of aromatic nitrogens is 2. The van der Waals surface area contributed by atoms with Gasteiger partial charge < -0.3 is 10.5 Å². The fourth-order valence-corrected chi connectivity index (χ4v) is 1.53. The molecule has 2 N–H and O–H groups in total. The monoisotopic (exact) mass is 221 g/mol. The lowest BCUT2D eigenvalue weighted by Crippen LogP contribution is -1.99. The predicted molar refractivity (Wildman–Crippen MR) is 59.6 cm³/mol. The molecule has 0 aliphatic carbocycles. The van der Waals surface area contributed by atoms with E-state index in [0.717, 1.165) is 0 Å². The van der Waals surface area contributed by atoms with Crippen molar-refractivity contribution in [3.05, 3.63) is 30.2 Å². The van der Waals surface area contributed by atoms with Crippen LogP contribution >= 0.6 is 0 Å².